The highest BCUT2D eigenvalue weighted by Gasteiger charge is 2.59. The van der Waals surface area contributed by atoms with Crippen LogP contribution < -0.4 is 9.05 Å². The fourth-order valence-electron chi connectivity index (χ4n) is 3.67. The molecule has 0 aliphatic heterocycles. The van der Waals surface area contributed by atoms with Crippen molar-refractivity contribution in [2.75, 3.05) is 6.61 Å². The lowest BCUT2D eigenvalue weighted by molar-refractivity contribution is -0.184. The number of carbonyl (C=O) groups excluding carboxylic acids is 1. The van der Waals surface area contributed by atoms with Gasteiger partial charge < -0.3 is 28.8 Å². The van der Waals surface area contributed by atoms with Crippen molar-refractivity contribution < 1.29 is 43.0 Å². The number of hydrogen-bond acceptors (Lipinski definition) is 8. The Balaban J connectivity index is 2.24. The third kappa shape index (κ3) is 8.07. The molecule has 2 N–H and O–H groups in total. The predicted molar refractivity (Wildman–Crippen MR) is 143 cm³/mol. The molecule has 0 heterocycles. The average molecular weight is 558 g/mol. The Morgan fingerprint density at radius 2 is 1.28 bits per heavy atom. The number of hydroxylamine groups is 1. The van der Waals surface area contributed by atoms with Gasteiger partial charge >= 0.3 is 19.9 Å². The number of hydrogen-bond donors (Lipinski definition) is 2. The summed E-state index contributed by atoms with van der Waals surface area (Å²) in [6.07, 6.45) is -2.19. The molecule has 0 saturated heterocycles. The summed E-state index contributed by atoms with van der Waals surface area (Å²) >= 11 is 0. The summed E-state index contributed by atoms with van der Waals surface area (Å²) in [6.45, 7) is 4.09. The Hall–Kier alpha value is -3.85. The fourth-order valence-corrected chi connectivity index (χ4v) is 5.52. The number of carboxylic acids is 1. The second-order valence-corrected chi connectivity index (χ2v) is 11.2. The third-order valence-corrected chi connectivity index (χ3v) is 7.12. The molecule has 3 aromatic carbocycles. The largest absolute Gasteiger partial charge is 0.550 e. The average Bonchev–Trinajstić information content (AvgIpc) is 2.87. The molecule has 0 amide bonds. The highest BCUT2D eigenvalue weighted by atomic mass is 31.2. The van der Waals surface area contributed by atoms with Crippen molar-refractivity contribution in [1.82, 2.24) is 4.83 Å². The van der Waals surface area contributed by atoms with Crippen LogP contribution in [0.15, 0.2) is 91.0 Å². The quantitative estimate of drug-likeness (QED) is 0.158. The van der Waals surface area contributed by atoms with E-state index < -0.39 is 44.0 Å². The Bertz CT molecular complexity index is 1220. The zero-order valence-electron chi connectivity index (χ0n) is 21.9. The molecule has 0 fully saturated rings. The van der Waals surface area contributed by atoms with Gasteiger partial charge in [-0.3, -0.25) is 4.79 Å². The second-order valence-electron chi connectivity index (χ2n) is 9.58. The van der Waals surface area contributed by atoms with Crippen LogP contribution in [0.3, 0.4) is 0 Å². The van der Waals surface area contributed by atoms with Crippen LogP contribution in [0.4, 0.5) is 4.79 Å². The minimum atomic E-state index is -4.92. The summed E-state index contributed by atoms with van der Waals surface area (Å²) in [4.78, 5) is 31.9. The van der Waals surface area contributed by atoms with E-state index in [-0.39, 0.29) is 17.9 Å². The highest BCUT2D eigenvalue weighted by Crippen LogP contribution is 2.56. The lowest BCUT2D eigenvalue weighted by atomic mass is 9.88. The van der Waals surface area contributed by atoms with E-state index in [1.165, 1.54) is 24.3 Å². The van der Waals surface area contributed by atoms with Gasteiger partial charge in [-0.15, -0.1) is 0 Å². The third-order valence-electron chi connectivity index (χ3n) is 5.33. The molecular formula is C28H32NO9P. The SMILES string of the molecule is CC(C)(C)OC(=O)ON(C(CCO)(Cc1ccccc1)C(=O)O)P(=O)(Oc1ccccc1)Oc1ccccc1. The normalized spacial score (nSPS) is 13.3. The van der Waals surface area contributed by atoms with Gasteiger partial charge in [0.25, 0.3) is 0 Å². The smallest absolute Gasteiger partial charge is 0.480 e. The number of nitrogens with zero attached hydrogens (tertiary/aromatic N) is 1. The van der Waals surface area contributed by atoms with Crippen LogP contribution in [-0.4, -0.2) is 44.9 Å². The number of para-hydroxylation sites is 2. The number of benzene rings is 3. The maximum Gasteiger partial charge on any atom is 0.550 e. The van der Waals surface area contributed by atoms with E-state index in [1.54, 1.807) is 87.5 Å². The molecular weight excluding hydrogens is 525 g/mol. The number of ether oxygens (including phenoxy) is 1. The number of aliphatic hydroxyl groups is 1. The molecule has 3 aromatic rings. The van der Waals surface area contributed by atoms with Crippen LogP contribution in [0.5, 0.6) is 11.5 Å². The lowest BCUT2D eigenvalue weighted by Crippen LogP contribution is -2.57. The van der Waals surface area contributed by atoms with Gasteiger partial charge in [0, 0.05) is 24.3 Å². The number of aliphatic carboxylic acids is 1. The summed E-state index contributed by atoms with van der Waals surface area (Å²) in [5, 5.41) is 20.6. The van der Waals surface area contributed by atoms with Gasteiger partial charge in [-0.2, -0.15) is 0 Å². The van der Waals surface area contributed by atoms with Gasteiger partial charge in [0.2, 0.25) is 0 Å². The first kappa shape index (κ1) is 29.7. The first-order valence-corrected chi connectivity index (χ1v) is 13.7. The van der Waals surface area contributed by atoms with Crippen molar-refractivity contribution in [2.45, 2.75) is 44.8 Å². The summed E-state index contributed by atoms with van der Waals surface area (Å²) in [6, 6.07) is 24.2. The monoisotopic (exact) mass is 557 g/mol. The first-order chi connectivity index (χ1) is 18.5. The molecule has 0 radical (unpaired) electrons. The van der Waals surface area contributed by atoms with Gasteiger partial charge in [0.05, 0.1) is 0 Å². The number of carbonyl (C=O) groups is 2. The minimum absolute atomic E-state index is 0.0533. The lowest BCUT2D eigenvalue weighted by Gasteiger charge is -2.40. The van der Waals surface area contributed by atoms with Crippen LogP contribution in [0.25, 0.3) is 0 Å². The van der Waals surface area contributed by atoms with Gasteiger partial charge in [-0.1, -0.05) is 66.7 Å². The van der Waals surface area contributed by atoms with Crippen LogP contribution in [-0.2, 0) is 25.4 Å². The molecule has 0 aromatic heterocycles. The van der Waals surface area contributed by atoms with Crippen molar-refractivity contribution in [2.24, 2.45) is 0 Å². The van der Waals surface area contributed by atoms with Crippen LogP contribution in [0.1, 0.15) is 32.8 Å². The standard InChI is InChI=1S/C28H32NO9P/c1-27(2,3)35-26(33)36-29(28(19-20-30,25(31)32)21-22-13-7-4-8-14-22)39(34,37-23-15-9-5-10-16-23)38-24-17-11-6-12-18-24/h4-18,30H,19-21H2,1-3H3,(H,31,32). The van der Waals surface area contributed by atoms with E-state index in [1.807, 2.05) is 0 Å². The molecule has 1 unspecified atom stereocenters. The molecule has 3 rings (SSSR count). The first-order valence-electron chi connectivity index (χ1n) is 12.2. The van der Waals surface area contributed by atoms with Crippen molar-refractivity contribution in [3.8, 4) is 11.5 Å². The molecule has 10 nitrogen and oxygen atoms in total. The summed E-state index contributed by atoms with van der Waals surface area (Å²) < 4.78 is 31.7. The van der Waals surface area contributed by atoms with E-state index >= 15 is 0 Å². The van der Waals surface area contributed by atoms with E-state index in [4.69, 9.17) is 18.6 Å². The van der Waals surface area contributed by atoms with Crippen LogP contribution in [0, 0.1) is 0 Å². The van der Waals surface area contributed by atoms with E-state index in [2.05, 4.69) is 0 Å². The highest BCUT2D eigenvalue weighted by molar-refractivity contribution is 7.52. The molecule has 39 heavy (non-hydrogen) atoms. The number of rotatable bonds is 12. The van der Waals surface area contributed by atoms with Crippen molar-refractivity contribution in [3.63, 3.8) is 0 Å². The zero-order valence-corrected chi connectivity index (χ0v) is 22.8. The Labute approximate surface area is 227 Å². The molecule has 0 bridgehead atoms. The van der Waals surface area contributed by atoms with Gasteiger partial charge in [-0.05, 0) is 50.6 Å². The Morgan fingerprint density at radius 1 is 0.821 bits per heavy atom. The van der Waals surface area contributed by atoms with Gasteiger partial charge in [0.1, 0.15) is 17.1 Å². The van der Waals surface area contributed by atoms with E-state index in [0.717, 1.165) is 0 Å². The predicted octanol–water partition coefficient (Wildman–Crippen LogP) is 5.87. The number of aliphatic hydroxyl groups excluding tert-OH is 1. The molecule has 0 aliphatic rings. The zero-order chi connectivity index (χ0) is 28.5. The Morgan fingerprint density at radius 3 is 1.69 bits per heavy atom. The minimum Gasteiger partial charge on any atom is -0.480 e. The fraction of sp³-hybridized carbons (Fsp3) is 0.286. The van der Waals surface area contributed by atoms with E-state index in [9.17, 15) is 24.4 Å². The van der Waals surface area contributed by atoms with Crippen LogP contribution >= 0.6 is 7.75 Å². The van der Waals surface area contributed by atoms with Crippen molar-refractivity contribution in [3.05, 3.63) is 96.6 Å². The molecule has 11 heteroatoms. The molecule has 0 aliphatic carbocycles. The number of carboxylic acid groups (broad SMARTS) is 1. The molecule has 208 valence electrons. The molecule has 0 saturated carbocycles. The maximum atomic E-state index is 14.8. The Kier molecular flexibility index (Phi) is 9.75. The molecule has 1 atom stereocenters. The summed E-state index contributed by atoms with van der Waals surface area (Å²) in [5.74, 6) is -1.44. The van der Waals surface area contributed by atoms with Crippen LogP contribution in [0.2, 0.25) is 0 Å². The second kappa shape index (κ2) is 12.8. The molecule has 0 spiro atoms. The summed E-state index contributed by atoms with van der Waals surface area (Å²) in [5.41, 5.74) is -2.85. The van der Waals surface area contributed by atoms with Crippen molar-refractivity contribution >= 4 is 19.9 Å². The maximum absolute atomic E-state index is 14.8. The van der Waals surface area contributed by atoms with Gasteiger partial charge in [0.15, 0.2) is 5.54 Å². The topological polar surface area (TPSA) is 132 Å². The van der Waals surface area contributed by atoms with Gasteiger partial charge in [-0.25, -0.2) is 9.36 Å². The van der Waals surface area contributed by atoms with E-state index in [0.29, 0.717) is 10.4 Å². The summed E-state index contributed by atoms with van der Waals surface area (Å²) in [7, 11) is -4.92. The van der Waals surface area contributed by atoms with Crippen molar-refractivity contribution in [1.29, 1.82) is 0 Å².